The molecule has 114 valence electrons. The molecular formula is C14H23NO5. The fourth-order valence-electron chi connectivity index (χ4n) is 3.50. The van der Waals surface area contributed by atoms with Gasteiger partial charge < -0.3 is 14.6 Å². The average Bonchev–Trinajstić information content (AvgIpc) is 2.71. The van der Waals surface area contributed by atoms with Gasteiger partial charge in [-0.3, -0.25) is 9.69 Å². The number of hydrogen-bond acceptors (Lipinski definition) is 5. The highest BCUT2D eigenvalue weighted by Gasteiger charge is 2.74. The molecule has 0 aromatic heterocycles. The van der Waals surface area contributed by atoms with Crippen LogP contribution in [0, 0.1) is 5.41 Å². The third-order valence-electron chi connectivity index (χ3n) is 4.36. The van der Waals surface area contributed by atoms with Crippen molar-refractivity contribution >= 4 is 11.9 Å². The molecule has 0 unspecified atom stereocenters. The predicted octanol–water partition coefficient (Wildman–Crippen LogP) is 0.672. The van der Waals surface area contributed by atoms with Crippen molar-refractivity contribution in [3.8, 4) is 0 Å². The van der Waals surface area contributed by atoms with Crippen molar-refractivity contribution in [3.63, 3.8) is 0 Å². The topological polar surface area (TPSA) is 76.1 Å². The van der Waals surface area contributed by atoms with Crippen molar-refractivity contribution < 1.29 is 24.2 Å². The molecule has 2 aliphatic rings. The van der Waals surface area contributed by atoms with E-state index >= 15 is 0 Å². The number of ether oxygens (including phenoxy) is 2. The monoisotopic (exact) mass is 285 g/mol. The predicted molar refractivity (Wildman–Crippen MR) is 70.6 cm³/mol. The van der Waals surface area contributed by atoms with Crippen LogP contribution >= 0.6 is 0 Å². The van der Waals surface area contributed by atoms with Crippen LogP contribution in [0.25, 0.3) is 0 Å². The fourth-order valence-corrected chi connectivity index (χ4v) is 3.50. The molecule has 20 heavy (non-hydrogen) atoms. The summed E-state index contributed by atoms with van der Waals surface area (Å²) in [5, 5.41) is 10.7. The van der Waals surface area contributed by atoms with Crippen LogP contribution in [-0.4, -0.2) is 52.5 Å². The summed E-state index contributed by atoms with van der Waals surface area (Å²) in [7, 11) is 1.26. The molecule has 2 fully saturated rings. The number of methoxy groups -OCH3 is 1. The number of aliphatic hydroxyl groups is 1. The van der Waals surface area contributed by atoms with Gasteiger partial charge in [-0.15, -0.1) is 0 Å². The van der Waals surface area contributed by atoms with Crippen molar-refractivity contribution in [3.05, 3.63) is 0 Å². The summed E-state index contributed by atoms with van der Waals surface area (Å²) in [5.41, 5.74) is -3.37. The van der Waals surface area contributed by atoms with Crippen molar-refractivity contribution in [1.82, 2.24) is 4.90 Å². The normalized spacial score (nSPS) is 41.0. The SMILES string of the molecule is COC(=O)[C@]12[C@@H](C)O[C@H](C(C)(C)C)N1C(=O)C[C@@]2(C)O. The van der Waals surface area contributed by atoms with Gasteiger partial charge in [-0.2, -0.15) is 0 Å². The van der Waals surface area contributed by atoms with E-state index in [1.807, 2.05) is 20.8 Å². The average molecular weight is 285 g/mol. The van der Waals surface area contributed by atoms with Gasteiger partial charge in [0.2, 0.25) is 5.91 Å². The molecule has 0 spiro atoms. The van der Waals surface area contributed by atoms with E-state index in [-0.39, 0.29) is 17.7 Å². The van der Waals surface area contributed by atoms with Crippen LogP contribution in [0.4, 0.5) is 0 Å². The molecule has 0 aromatic rings. The maximum absolute atomic E-state index is 12.4. The van der Waals surface area contributed by atoms with Gasteiger partial charge in [0.15, 0.2) is 5.54 Å². The van der Waals surface area contributed by atoms with E-state index < -0.39 is 29.4 Å². The van der Waals surface area contributed by atoms with Gasteiger partial charge in [-0.25, -0.2) is 4.79 Å². The zero-order valence-corrected chi connectivity index (χ0v) is 12.9. The Labute approximate surface area is 119 Å². The lowest BCUT2D eigenvalue weighted by atomic mass is 9.78. The summed E-state index contributed by atoms with van der Waals surface area (Å²) in [6, 6.07) is 0. The summed E-state index contributed by atoms with van der Waals surface area (Å²) in [6.45, 7) is 8.98. The minimum atomic E-state index is -1.52. The van der Waals surface area contributed by atoms with Crippen LogP contribution in [-0.2, 0) is 19.1 Å². The van der Waals surface area contributed by atoms with Gasteiger partial charge in [0.05, 0.1) is 19.6 Å². The van der Waals surface area contributed by atoms with Crippen LogP contribution in [0.2, 0.25) is 0 Å². The Kier molecular flexibility index (Phi) is 3.19. The zero-order valence-electron chi connectivity index (χ0n) is 12.9. The Bertz CT molecular complexity index is 453. The van der Waals surface area contributed by atoms with E-state index in [4.69, 9.17) is 9.47 Å². The van der Waals surface area contributed by atoms with Crippen molar-refractivity contribution in [2.24, 2.45) is 5.41 Å². The maximum atomic E-state index is 12.4. The first-order valence-corrected chi connectivity index (χ1v) is 6.78. The smallest absolute Gasteiger partial charge is 0.337 e. The number of rotatable bonds is 1. The number of hydrogen-bond donors (Lipinski definition) is 1. The zero-order chi connectivity index (χ0) is 15.5. The van der Waals surface area contributed by atoms with Crippen LogP contribution in [0.5, 0.6) is 0 Å². The first kappa shape index (κ1) is 15.3. The highest BCUT2D eigenvalue weighted by atomic mass is 16.6. The van der Waals surface area contributed by atoms with Crippen LogP contribution < -0.4 is 0 Å². The quantitative estimate of drug-likeness (QED) is 0.717. The molecule has 2 heterocycles. The Morgan fingerprint density at radius 1 is 1.50 bits per heavy atom. The molecule has 0 saturated carbocycles. The summed E-state index contributed by atoms with van der Waals surface area (Å²) < 4.78 is 10.8. The van der Waals surface area contributed by atoms with Crippen LogP contribution in [0.3, 0.4) is 0 Å². The highest BCUT2D eigenvalue weighted by Crippen LogP contribution is 2.52. The number of nitrogens with zero attached hydrogens (tertiary/aromatic N) is 1. The summed E-state index contributed by atoms with van der Waals surface area (Å²) in [5.74, 6) is -0.919. The molecule has 0 bridgehead atoms. The minimum Gasteiger partial charge on any atom is -0.467 e. The molecule has 6 heteroatoms. The van der Waals surface area contributed by atoms with E-state index in [0.29, 0.717) is 0 Å². The second-order valence-corrected chi connectivity index (χ2v) is 6.97. The van der Waals surface area contributed by atoms with Crippen LogP contribution in [0.1, 0.15) is 41.0 Å². The Morgan fingerprint density at radius 3 is 2.50 bits per heavy atom. The van der Waals surface area contributed by atoms with E-state index in [1.165, 1.54) is 18.9 Å². The second kappa shape index (κ2) is 4.18. The van der Waals surface area contributed by atoms with Gasteiger partial charge in [0.1, 0.15) is 11.8 Å². The molecule has 1 amide bonds. The van der Waals surface area contributed by atoms with Gasteiger partial charge in [0.25, 0.3) is 0 Å². The molecule has 2 saturated heterocycles. The first-order valence-electron chi connectivity index (χ1n) is 6.78. The summed E-state index contributed by atoms with van der Waals surface area (Å²) >= 11 is 0. The lowest BCUT2D eigenvalue weighted by molar-refractivity contribution is -0.168. The van der Waals surface area contributed by atoms with Crippen molar-refractivity contribution in [2.75, 3.05) is 7.11 Å². The minimum absolute atomic E-state index is 0.109. The summed E-state index contributed by atoms with van der Waals surface area (Å²) in [4.78, 5) is 26.2. The highest BCUT2D eigenvalue weighted by molar-refractivity contribution is 5.96. The van der Waals surface area contributed by atoms with E-state index in [0.717, 1.165) is 0 Å². The third-order valence-corrected chi connectivity index (χ3v) is 4.36. The second-order valence-electron chi connectivity index (χ2n) is 6.97. The van der Waals surface area contributed by atoms with Crippen LogP contribution in [0.15, 0.2) is 0 Å². The van der Waals surface area contributed by atoms with Gasteiger partial charge in [-0.05, 0) is 13.8 Å². The van der Waals surface area contributed by atoms with E-state index in [1.54, 1.807) is 6.92 Å². The summed E-state index contributed by atoms with van der Waals surface area (Å²) in [6.07, 6.45) is -1.32. The Hall–Kier alpha value is -1.14. The number of amides is 1. The molecule has 4 atom stereocenters. The lowest BCUT2D eigenvalue weighted by Crippen LogP contribution is -2.66. The molecular weight excluding hydrogens is 262 g/mol. The molecule has 0 radical (unpaired) electrons. The molecule has 0 aliphatic carbocycles. The maximum Gasteiger partial charge on any atom is 0.337 e. The Balaban J connectivity index is 2.63. The van der Waals surface area contributed by atoms with Gasteiger partial charge >= 0.3 is 5.97 Å². The largest absolute Gasteiger partial charge is 0.467 e. The number of esters is 1. The number of carbonyl (C=O) groups excluding carboxylic acids is 2. The van der Waals surface area contributed by atoms with Gasteiger partial charge in [0, 0.05) is 5.41 Å². The first-order chi connectivity index (χ1) is 9.00. The fraction of sp³-hybridized carbons (Fsp3) is 0.857. The standard InChI is InChI=1S/C14H23NO5/c1-8-14(11(17)19-6)13(5,18)7-9(16)15(14)10(20-8)12(2,3)4/h8,10,18H,7H2,1-6H3/t8-,10-,13-,14+/m1/s1. The molecule has 2 rings (SSSR count). The lowest BCUT2D eigenvalue weighted by Gasteiger charge is -2.41. The number of carbonyl (C=O) groups is 2. The molecule has 0 aromatic carbocycles. The Morgan fingerprint density at radius 2 is 2.05 bits per heavy atom. The van der Waals surface area contributed by atoms with Crippen molar-refractivity contribution in [2.45, 2.75) is 64.5 Å². The van der Waals surface area contributed by atoms with E-state index in [2.05, 4.69) is 0 Å². The van der Waals surface area contributed by atoms with Gasteiger partial charge in [-0.1, -0.05) is 20.8 Å². The molecule has 6 nitrogen and oxygen atoms in total. The van der Waals surface area contributed by atoms with E-state index in [9.17, 15) is 14.7 Å². The van der Waals surface area contributed by atoms with Crippen molar-refractivity contribution in [1.29, 1.82) is 0 Å². The third kappa shape index (κ3) is 1.64. The number of fused-ring (bicyclic) bond motifs is 1. The molecule has 1 N–H and O–H groups in total. The molecule has 2 aliphatic heterocycles.